The second-order valence-corrected chi connectivity index (χ2v) is 6.85. The number of hydrogen-bond acceptors (Lipinski definition) is 4. The summed E-state index contributed by atoms with van der Waals surface area (Å²) in [6.45, 7) is 1.23. The minimum atomic E-state index is -4.86. The number of benzene rings is 2. The predicted octanol–water partition coefficient (Wildman–Crippen LogP) is 2.40. The smallest absolute Gasteiger partial charge is 0.417 e. The first-order valence-electron chi connectivity index (χ1n) is 7.26. The third-order valence-corrected chi connectivity index (χ3v) is 4.56. The summed E-state index contributed by atoms with van der Waals surface area (Å²) in [6, 6.07) is 10.5. The number of sulfonamides is 1. The van der Waals surface area contributed by atoms with Gasteiger partial charge in [0.15, 0.2) is 6.61 Å². The molecule has 2 N–H and O–H groups in total. The topological polar surface area (TPSA) is 84.5 Å². The molecule has 0 aromatic heterocycles. The normalized spacial score (nSPS) is 11.8. The summed E-state index contributed by atoms with van der Waals surface area (Å²) < 4.78 is 68.1. The first kappa shape index (κ1) is 19.7. The first-order valence-corrected chi connectivity index (χ1v) is 8.75. The van der Waals surface area contributed by atoms with Crippen LogP contribution in [-0.4, -0.2) is 20.9 Å². The number of hydrogen-bond donors (Lipinski definition) is 2. The van der Waals surface area contributed by atoms with Crippen LogP contribution in [-0.2, 0) is 21.0 Å². The van der Waals surface area contributed by atoms with Crippen LogP contribution >= 0.6 is 0 Å². The molecule has 2 rings (SSSR count). The number of carbonyl (C=O) groups excluding carboxylic acids is 1. The number of aryl methyl sites for hydroxylation is 1. The molecule has 0 aliphatic carbocycles. The molecule has 10 heteroatoms. The monoisotopic (exact) mass is 388 g/mol. The summed E-state index contributed by atoms with van der Waals surface area (Å²) >= 11 is 0. The largest absolute Gasteiger partial charge is 0.483 e. The number of rotatable bonds is 6. The van der Waals surface area contributed by atoms with Gasteiger partial charge in [-0.15, -0.1) is 4.83 Å². The van der Waals surface area contributed by atoms with E-state index in [9.17, 15) is 26.4 Å². The van der Waals surface area contributed by atoms with Crippen molar-refractivity contribution < 1.29 is 31.1 Å². The quantitative estimate of drug-likeness (QED) is 0.745. The van der Waals surface area contributed by atoms with Crippen LogP contribution in [0, 0.1) is 6.92 Å². The maximum atomic E-state index is 12.9. The van der Waals surface area contributed by atoms with E-state index in [1.807, 2.05) is 5.43 Å². The lowest BCUT2D eigenvalue weighted by molar-refractivity contribution is -0.139. The minimum Gasteiger partial charge on any atom is -0.483 e. The first-order chi connectivity index (χ1) is 12.1. The van der Waals surface area contributed by atoms with E-state index >= 15 is 0 Å². The van der Waals surface area contributed by atoms with Crippen molar-refractivity contribution in [3.8, 4) is 5.75 Å². The van der Waals surface area contributed by atoms with Crippen LogP contribution in [0.5, 0.6) is 5.75 Å². The van der Waals surface area contributed by atoms with Gasteiger partial charge in [-0.2, -0.15) is 13.2 Å². The SMILES string of the molecule is Cc1ccccc1OCC(=O)NNS(=O)(=O)c1ccccc1C(F)(F)F. The summed E-state index contributed by atoms with van der Waals surface area (Å²) in [6.07, 6.45) is -4.86. The highest BCUT2D eigenvalue weighted by molar-refractivity contribution is 7.89. The van der Waals surface area contributed by atoms with Crippen molar-refractivity contribution in [2.75, 3.05) is 6.61 Å². The third-order valence-electron chi connectivity index (χ3n) is 3.26. The molecule has 2 aromatic rings. The van der Waals surface area contributed by atoms with Crippen LogP contribution in [0.15, 0.2) is 53.4 Å². The maximum Gasteiger partial charge on any atom is 0.417 e. The van der Waals surface area contributed by atoms with Crippen LogP contribution in [0.3, 0.4) is 0 Å². The average Bonchev–Trinajstić information content (AvgIpc) is 2.58. The van der Waals surface area contributed by atoms with E-state index in [2.05, 4.69) is 0 Å². The van der Waals surface area contributed by atoms with Crippen LogP contribution < -0.4 is 15.0 Å². The molecule has 0 fully saturated rings. The van der Waals surface area contributed by atoms with Gasteiger partial charge in [0, 0.05) is 0 Å². The Kier molecular flexibility index (Phi) is 5.88. The van der Waals surface area contributed by atoms with Crippen molar-refractivity contribution in [1.82, 2.24) is 10.3 Å². The van der Waals surface area contributed by atoms with Crippen molar-refractivity contribution in [2.24, 2.45) is 0 Å². The van der Waals surface area contributed by atoms with E-state index in [0.29, 0.717) is 11.8 Å². The number of nitrogens with one attached hydrogen (secondary N) is 2. The van der Waals surface area contributed by atoms with Gasteiger partial charge >= 0.3 is 6.18 Å². The molecule has 6 nitrogen and oxygen atoms in total. The molecule has 2 aromatic carbocycles. The Morgan fingerprint density at radius 2 is 1.69 bits per heavy atom. The molecule has 140 valence electrons. The Hall–Kier alpha value is -2.59. The van der Waals surface area contributed by atoms with E-state index in [0.717, 1.165) is 23.8 Å². The molecule has 1 amide bonds. The molecule has 0 aliphatic heterocycles. The van der Waals surface area contributed by atoms with Crippen molar-refractivity contribution in [3.63, 3.8) is 0 Å². The van der Waals surface area contributed by atoms with Crippen molar-refractivity contribution in [2.45, 2.75) is 18.0 Å². The zero-order chi connectivity index (χ0) is 19.4. The van der Waals surface area contributed by atoms with E-state index in [1.165, 1.54) is 0 Å². The molecule has 0 spiro atoms. The highest BCUT2D eigenvalue weighted by Crippen LogP contribution is 2.33. The number of hydrazine groups is 1. The lowest BCUT2D eigenvalue weighted by Crippen LogP contribution is -2.44. The van der Waals surface area contributed by atoms with E-state index in [1.54, 1.807) is 36.0 Å². The molecule has 0 unspecified atom stereocenters. The molecule has 26 heavy (non-hydrogen) atoms. The van der Waals surface area contributed by atoms with Gasteiger partial charge < -0.3 is 4.74 Å². The Labute approximate surface area is 148 Å². The number of ether oxygens (including phenoxy) is 1. The lowest BCUT2D eigenvalue weighted by atomic mass is 10.2. The van der Waals surface area contributed by atoms with Gasteiger partial charge in [-0.1, -0.05) is 30.3 Å². The highest BCUT2D eigenvalue weighted by Gasteiger charge is 2.36. The number of para-hydroxylation sites is 1. The zero-order valence-corrected chi connectivity index (χ0v) is 14.3. The minimum absolute atomic E-state index is 0.424. The molecule has 0 atom stereocenters. The van der Waals surface area contributed by atoms with Gasteiger partial charge in [0.2, 0.25) is 0 Å². The van der Waals surface area contributed by atoms with Crippen molar-refractivity contribution in [3.05, 3.63) is 59.7 Å². The number of alkyl halides is 3. The van der Waals surface area contributed by atoms with Gasteiger partial charge in [0.25, 0.3) is 15.9 Å². The molecular formula is C16H15F3N2O4S. The Bertz CT molecular complexity index is 898. The zero-order valence-electron chi connectivity index (χ0n) is 13.5. The molecular weight excluding hydrogens is 373 g/mol. The lowest BCUT2D eigenvalue weighted by Gasteiger charge is -2.14. The number of amides is 1. The van der Waals surface area contributed by atoms with Crippen LogP contribution in [0.25, 0.3) is 0 Å². The average molecular weight is 388 g/mol. The van der Waals surface area contributed by atoms with Crippen LogP contribution in [0.4, 0.5) is 13.2 Å². The maximum absolute atomic E-state index is 12.9. The standard InChI is InChI=1S/C16H15F3N2O4S/c1-11-6-2-4-8-13(11)25-10-15(22)20-21-26(23,24)14-9-5-3-7-12(14)16(17,18)19/h2-9,21H,10H2,1H3,(H,20,22). The van der Waals surface area contributed by atoms with Crippen LogP contribution in [0.1, 0.15) is 11.1 Å². The summed E-state index contributed by atoms with van der Waals surface area (Å²) in [7, 11) is -4.62. The second kappa shape index (κ2) is 7.75. The Morgan fingerprint density at radius 1 is 1.08 bits per heavy atom. The van der Waals surface area contributed by atoms with E-state index in [-0.39, 0.29) is 0 Å². The summed E-state index contributed by atoms with van der Waals surface area (Å²) in [5.74, 6) is -0.450. The molecule has 0 saturated carbocycles. The fourth-order valence-electron chi connectivity index (χ4n) is 2.01. The third kappa shape index (κ3) is 4.96. The molecule has 0 heterocycles. The molecule has 0 aliphatic rings. The van der Waals surface area contributed by atoms with Crippen molar-refractivity contribution >= 4 is 15.9 Å². The van der Waals surface area contributed by atoms with Gasteiger partial charge in [0.1, 0.15) is 5.75 Å². The summed E-state index contributed by atoms with van der Waals surface area (Å²) in [4.78, 5) is 12.3. The Balaban J connectivity index is 2.03. The highest BCUT2D eigenvalue weighted by atomic mass is 32.2. The summed E-state index contributed by atoms with van der Waals surface area (Å²) in [5.41, 5.74) is 1.25. The molecule has 0 bridgehead atoms. The fourth-order valence-corrected chi connectivity index (χ4v) is 3.10. The van der Waals surface area contributed by atoms with Crippen molar-refractivity contribution in [1.29, 1.82) is 0 Å². The Morgan fingerprint density at radius 3 is 2.35 bits per heavy atom. The summed E-state index contributed by atoms with van der Waals surface area (Å²) in [5, 5.41) is 0. The molecule has 0 radical (unpaired) electrons. The molecule has 0 saturated heterocycles. The van der Waals surface area contributed by atoms with Gasteiger partial charge in [-0.3, -0.25) is 10.2 Å². The predicted molar refractivity (Wildman–Crippen MR) is 86.6 cm³/mol. The van der Waals surface area contributed by atoms with E-state index < -0.39 is 39.2 Å². The van der Waals surface area contributed by atoms with Gasteiger partial charge in [0.05, 0.1) is 10.5 Å². The second-order valence-electron chi connectivity index (χ2n) is 5.20. The van der Waals surface area contributed by atoms with Gasteiger partial charge in [-0.25, -0.2) is 8.42 Å². The van der Waals surface area contributed by atoms with Gasteiger partial charge in [-0.05, 0) is 30.7 Å². The number of carbonyl (C=O) groups is 1. The van der Waals surface area contributed by atoms with E-state index in [4.69, 9.17) is 4.74 Å². The number of halogens is 3. The fraction of sp³-hybridized carbons (Fsp3) is 0.188. The van der Waals surface area contributed by atoms with Crippen LogP contribution in [0.2, 0.25) is 0 Å².